The van der Waals surface area contributed by atoms with E-state index in [1.807, 2.05) is 74.1 Å². The largest absolute Gasteiger partial charge is 0.506 e. The molecule has 15 rings (SSSR count). The normalized spacial score (nSPS) is 15.0. The number of phenolic OH excluding ortho intramolecular Hbond substituents is 3. The van der Waals surface area contributed by atoms with Crippen molar-refractivity contribution in [2.24, 2.45) is 0 Å². The Balaban J connectivity index is 0.000000175. The van der Waals surface area contributed by atoms with Crippen LogP contribution in [0.2, 0.25) is 55.2 Å². The van der Waals surface area contributed by atoms with E-state index in [1.165, 1.54) is 44.1 Å². The van der Waals surface area contributed by atoms with E-state index in [2.05, 4.69) is 62.9 Å². The first-order valence-electron chi connectivity index (χ1n) is 42.4. The Morgan fingerprint density at radius 2 is 0.659 bits per heavy atom. The van der Waals surface area contributed by atoms with E-state index in [4.69, 9.17) is 133 Å². The van der Waals surface area contributed by atoms with Gasteiger partial charge in [0.15, 0.2) is 23.3 Å². The fourth-order valence-electron chi connectivity index (χ4n) is 17.4. The van der Waals surface area contributed by atoms with E-state index in [1.54, 1.807) is 81.2 Å². The van der Waals surface area contributed by atoms with Crippen LogP contribution in [0.4, 0.5) is 34.6 Å². The summed E-state index contributed by atoms with van der Waals surface area (Å²) in [6.45, 7) is 35.5. The number of fused-ring (bicyclic) bond motifs is 3. The summed E-state index contributed by atoms with van der Waals surface area (Å²) >= 11 is 69.4. The molecule has 3 saturated heterocycles. The number of rotatable bonds is 15. The number of anilines is 3. The molecule has 3 amide bonds. The molecule has 0 bridgehead atoms. The summed E-state index contributed by atoms with van der Waals surface area (Å²) in [5.74, 6) is -9.15. The van der Waals surface area contributed by atoms with Crippen molar-refractivity contribution in [1.82, 2.24) is 58.3 Å². The highest BCUT2D eigenvalue weighted by Gasteiger charge is 2.40. The monoisotopic (exact) mass is 2090 g/mol. The lowest BCUT2D eigenvalue weighted by atomic mass is 10.0. The third kappa shape index (κ3) is 18.2. The zero-order chi connectivity index (χ0) is 101. The number of nitrogens with zero attached hydrogens (tertiary/aromatic N) is 18. The number of hydrogen-bond donors (Lipinski definition) is 3. The summed E-state index contributed by atoms with van der Waals surface area (Å²) in [5.41, 5.74) is 0.629. The minimum atomic E-state index is -1.37. The molecule has 12 aromatic rings. The minimum absolute atomic E-state index is 0.0232. The van der Waals surface area contributed by atoms with Crippen LogP contribution in [-0.2, 0) is 14.4 Å². The number of carbonyl (C=O) groups excluding carboxylic acids is 3. The van der Waals surface area contributed by atoms with Gasteiger partial charge in [-0.25, -0.2) is 32.5 Å². The first-order valence-corrected chi connectivity index (χ1v) is 46.5. The number of halogens is 15. The average Bonchev–Trinajstić information content (AvgIpc) is 0.726. The molecule has 3 atom stereocenters. The Kier molecular flexibility index (Phi) is 30.9. The molecular formula is C96H81Cl11F4N18O9. The SMILES string of the molecule is C=CC(=O)N1CCN(c2c(C#N)c(=O)n(-c3c(C)ccnc3C(C)C)c3nc(-c4c(O)c(Cl)c(Cl)c(Cl)c4Cl)c(Cl)cc23)C[C@H]1C.C=CC(=O)N1CCN(c2c(C#N)c(=O)n(-c3c(C)ccnc3C(C)C)c3nc(-c4c(O)c(Cl)c(F)c(Cl)c4F)c(Cl)cc23)C[C@H]1C.C=CC(=O)N1CCN(c2c(C#N)c(=O)n(-c3c(C)ccnc3C(C)C)c3nc(-c4c(O)c(Cl)c(F)c(Cl)c4F)c(Cl)cc23)C[C@H]1C. The lowest BCUT2D eigenvalue weighted by Crippen LogP contribution is -2.54. The van der Waals surface area contributed by atoms with Gasteiger partial charge in [-0.1, -0.05) is 189 Å². The highest BCUT2D eigenvalue weighted by Crippen LogP contribution is 2.54. The van der Waals surface area contributed by atoms with Gasteiger partial charge in [0, 0.05) is 112 Å². The van der Waals surface area contributed by atoms with Gasteiger partial charge >= 0.3 is 0 Å². The number of piperazine rings is 3. The molecule has 42 heteroatoms. The number of nitriles is 3. The van der Waals surface area contributed by atoms with Crippen LogP contribution in [0.15, 0.2) is 107 Å². The lowest BCUT2D eigenvalue weighted by molar-refractivity contribution is -0.129. The Bertz CT molecular complexity index is 6790. The van der Waals surface area contributed by atoms with Crippen molar-refractivity contribution in [2.75, 3.05) is 73.6 Å². The van der Waals surface area contributed by atoms with Crippen LogP contribution in [0, 0.1) is 78.0 Å². The van der Waals surface area contributed by atoms with E-state index < -0.39 is 88.4 Å². The van der Waals surface area contributed by atoms with Crippen molar-refractivity contribution in [1.29, 1.82) is 15.8 Å². The number of carbonyl (C=O) groups is 3. The third-order valence-corrected chi connectivity index (χ3v) is 28.0. The van der Waals surface area contributed by atoms with E-state index in [0.29, 0.717) is 81.5 Å². The highest BCUT2D eigenvalue weighted by atomic mass is 35.5. The molecule has 27 nitrogen and oxygen atoms in total. The fourth-order valence-corrected chi connectivity index (χ4v) is 19.9. The number of aryl methyl sites for hydroxylation is 3. The Morgan fingerprint density at radius 3 is 0.913 bits per heavy atom. The van der Waals surface area contributed by atoms with Gasteiger partial charge in [-0.3, -0.25) is 57.4 Å². The average molecular weight is 2100 g/mol. The van der Waals surface area contributed by atoms with Gasteiger partial charge in [0.1, 0.15) is 94.2 Å². The Labute approximate surface area is 842 Å². The number of phenols is 3. The van der Waals surface area contributed by atoms with Gasteiger partial charge in [0.2, 0.25) is 17.7 Å². The number of hydrogen-bond acceptors (Lipinski definition) is 21. The molecular weight excluding hydrogens is 2020 g/mol. The van der Waals surface area contributed by atoms with E-state index in [0.717, 1.165) is 0 Å². The van der Waals surface area contributed by atoms with Crippen LogP contribution >= 0.6 is 128 Å². The quantitative estimate of drug-likeness (QED) is 0.0371. The van der Waals surface area contributed by atoms with Crippen LogP contribution in [0.1, 0.15) is 131 Å². The maximum atomic E-state index is 15.5. The van der Waals surface area contributed by atoms with Gasteiger partial charge in [-0.15, -0.1) is 0 Å². The topological polar surface area (TPSA) is 346 Å². The smallest absolute Gasteiger partial charge is 0.276 e. The summed E-state index contributed by atoms with van der Waals surface area (Å²) in [6.07, 6.45) is 8.54. The minimum Gasteiger partial charge on any atom is -0.506 e. The van der Waals surface area contributed by atoms with Gasteiger partial charge < -0.3 is 44.7 Å². The van der Waals surface area contributed by atoms with Crippen molar-refractivity contribution < 1.29 is 47.3 Å². The fraction of sp³-hybridized carbons (Fsp3) is 0.281. The first kappa shape index (κ1) is 103. The van der Waals surface area contributed by atoms with Crippen LogP contribution < -0.4 is 31.4 Å². The maximum absolute atomic E-state index is 15.5. The maximum Gasteiger partial charge on any atom is 0.276 e. The second kappa shape index (κ2) is 41.2. The molecule has 12 heterocycles. The molecule has 3 aromatic carbocycles. The van der Waals surface area contributed by atoms with Crippen molar-refractivity contribution in [2.45, 2.75) is 119 Å². The van der Waals surface area contributed by atoms with E-state index in [-0.39, 0.29) is 206 Å². The molecule has 0 aliphatic carbocycles. The van der Waals surface area contributed by atoms with Crippen molar-refractivity contribution in [3.63, 3.8) is 0 Å². The molecule has 0 saturated carbocycles. The van der Waals surface area contributed by atoms with E-state index >= 15 is 8.78 Å². The molecule has 0 radical (unpaired) electrons. The first-order chi connectivity index (χ1) is 65.2. The van der Waals surface area contributed by atoms with Crippen LogP contribution in [0.5, 0.6) is 17.2 Å². The van der Waals surface area contributed by atoms with Gasteiger partial charge in [-0.2, -0.15) is 15.8 Å². The van der Waals surface area contributed by atoms with Crippen molar-refractivity contribution >= 4 is 195 Å². The predicted octanol–water partition coefficient (Wildman–Crippen LogP) is 21.8. The summed E-state index contributed by atoms with van der Waals surface area (Å²) < 4.78 is 63.7. The van der Waals surface area contributed by atoms with Crippen LogP contribution in [0.3, 0.4) is 0 Å². The number of benzene rings is 3. The molecule has 3 aliphatic heterocycles. The second-order valence-corrected chi connectivity index (χ2v) is 37.8. The molecule has 714 valence electrons. The Hall–Kier alpha value is -12.0. The summed E-state index contributed by atoms with van der Waals surface area (Å²) in [5, 5.41) is 60.1. The van der Waals surface area contributed by atoms with Gasteiger partial charge in [0.25, 0.3) is 16.7 Å². The molecule has 9 aromatic heterocycles. The number of aromatic nitrogens is 9. The zero-order valence-corrected chi connectivity index (χ0v) is 83.7. The lowest BCUT2D eigenvalue weighted by Gasteiger charge is -2.41. The summed E-state index contributed by atoms with van der Waals surface area (Å²) in [6, 6.07) is 14.8. The highest BCUT2D eigenvalue weighted by molar-refractivity contribution is 6.54. The molecule has 3 N–H and O–H groups in total. The molecule has 0 spiro atoms. The Morgan fingerprint density at radius 1 is 0.399 bits per heavy atom. The molecule has 3 aliphatic rings. The van der Waals surface area contributed by atoms with E-state index in [9.17, 15) is 68.7 Å². The van der Waals surface area contributed by atoms with Gasteiger partial charge in [-0.05, 0) is 131 Å². The van der Waals surface area contributed by atoms with Crippen molar-refractivity contribution in [3.05, 3.63) is 253 Å². The molecule has 3 fully saturated rings. The van der Waals surface area contributed by atoms with Crippen LogP contribution in [0.25, 0.3) is 83.9 Å². The van der Waals surface area contributed by atoms with Crippen LogP contribution in [-0.4, -0.2) is 168 Å². The molecule has 138 heavy (non-hydrogen) atoms. The predicted molar refractivity (Wildman–Crippen MR) is 533 cm³/mol. The van der Waals surface area contributed by atoms with Crippen molar-refractivity contribution in [3.8, 4) is 86.3 Å². The standard InChI is InChI=1S/C32H27Cl5N6O3.2C32H27Cl3F2N6O3/c1-6-20(44)42-10-9-41(13-16(42)5)29-17-11-19(33)27(21-22(34)23(35)24(36)25(37)30(21)45)40-31(17)43(32(46)18(29)12-38)28-15(4)7-8-39-26(28)14(2)3;2*1-6-20(44)42-10-9-41(13-16(42)5)29-17-11-19(33)27(21-24(36)22(34)25(37)23(35)30(21)45)40-31(17)43(32(46)18(29)12-38)28-15(4)7-8-39-26(28)14(2)3/h3*6-8,11,14,16,45H,1,9-10,13H2,2-5H3/t3*16-/m111/s1. The van der Waals surface area contributed by atoms with Gasteiger partial charge in [0.05, 0.1) is 115 Å². The second-order valence-electron chi connectivity index (χ2n) is 33.6. The summed E-state index contributed by atoms with van der Waals surface area (Å²) in [7, 11) is 0. The summed E-state index contributed by atoms with van der Waals surface area (Å²) in [4.78, 5) is 119. The zero-order valence-electron chi connectivity index (χ0n) is 75.4. The number of amides is 3. The number of pyridine rings is 9. The number of aromatic hydroxyl groups is 3. The molecule has 0 unspecified atom stereocenters. The third-order valence-electron chi connectivity index (χ3n) is 24.0.